The van der Waals surface area contributed by atoms with Crippen molar-refractivity contribution in [1.29, 1.82) is 0 Å². The number of carbonyl (C=O) groups is 1. The van der Waals surface area contributed by atoms with E-state index in [0.717, 1.165) is 5.56 Å². The molecule has 1 amide bonds. The third-order valence-electron chi connectivity index (χ3n) is 2.94. The SMILES string of the molecule is Cc1ccc(C)c(S(=O)(=O)NCC(=O)NCCN(C)C)c1. The Balaban J connectivity index is 2.61. The van der Waals surface area contributed by atoms with Crippen LogP contribution in [-0.2, 0) is 14.8 Å². The van der Waals surface area contributed by atoms with Crippen LogP contribution in [0.25, 0.3) is 0 Å². The molecule has 0 heterocycles. The van der Waals surface area contributed by atoms with Crippen molar-refractivity contribution in [3.63, 3.8) is 0 Å². The van der Waals surface area contributed by atoms with E-state index in [0.29, 0.717) is 18.7 Å². The van der Waals surface area contributed by atoms with Crippen LogP contribution in [0, 0.1) is 13.8 Å². The minimum atomic E-state index is -3.67. The van der Waals surface area contributed by atoms with Crippen molar-refractivity contribution >= 4 is 15.9 Å². The second-order valence-corrected chi connectivity index (χ2v) is 6.98. The van der Waals surface area contributed by atoms with Crippen LogP contribution in [0.2, 0.25) is 0 Å². The number of nitrogens with zero attached hydrogens (tertiary/aromatic N) is 1. The smallest absolute Gasteiger partial charge is 0.241 e. The molecule has 0 saturated carbocycles. The van der Waals surface area contributed by atoms with Crippen LogP contribution in [0.4, 0.5) is 0 Å². The van der Waals surface area contributed by atoms with Crippen molar-refractivity contribution in [1.82, 2.24) is 14.9 Å². The minimum Gasteiger partial charge on any atom is -0.354 e. The molecule has 1 rings (SSSR count). The van der Waals surface area contributed by atoms with Gasteiger partial charge < -0.3 is 10.2 Å². The lowest BCUT2D eigenvalue weighted by atomic mass is 10.2. The van der Waals surface area contributed by atoms with Gasteiger partial charge in [-0.25, -0.2) is 13.1 Å². The number of amides is 1. The van der Waals surface area contributed by atoms with Gasteiger partial charge in [-0.2, -0.15) is 0 Å². The van der Waals surface area contributed by atoms with Crippen molar-refractivity contribution < 1.29 is 13.2 Å². The molecular weight excluding hydrogens is 290 g/mol. The van der Waals surface area contributed by atoms with Crippen LogP contribution in [0.3, 0.4) is 0 Å². The molecule has 0 atom stereocenters. The third-order valence-corrected chi connectivity index (χ3v) is 4.48. The van der Waals surface area contributed by atoms with Gasteiger partial charge in [-0.3, -0.25) is 4.79 Å². The average molecular weight is 313 g/mol. The lowest BCUT2D eigenvalue weighted by Gasteiger charge is -2.12. The van der Waals surface area contributed by atoms with Crippen LogP contribution in [0.5, 0.6) is 0 Å². The maximum Gasteiger partial charge on any atom is 0.241 e. The molecule has 0 bridgehead atoms. The molecule has 0 aromatic heterocycles. The second-order valence-electron chi connectivity index (χ2n) is 5.25. The predicted molar refractivity (Wildman–Crippen MR) is 82.7 cm³/mol. The summed E-state index contributed by atoms with van der Waals surface area (Å²) in [6, 6.07) is 5.20. The van der Waals surface area contributed by atoms with Gasteiger partial charge in [0.1, 0.15) is 0 Å². The summed E-state index contributed by atoms with van der Waals surface area (Å²) in [7, 11) is 0.125. The van der Waals surface area contributed by atoms with E-state index < -0.39 is 10.0 Å². The Hall–Kier alpha value is -1.44. The Morgan fingerprint density at radius 2 is 1.90 bits per heavy atom. The van der Waals surface area contributed by atoms with Crippen molar-refractivity contribution in [2.75, 3.05) is 33.7 Å². The number of nitrogens with one attached hydrogen (secondary N) is 2. The molecule has 0 aliphatic rings. The molecule has 118 valence electrons. The molecule has 7 heteroatoms. The molecule has 0 fully saturated rings. The lowest BCUT2D eigenvalue weighted by Crippen LogP contribution is -2.39. The molecular formula is C14H23N3O3S. The van der Waals surface area contributed by atoms with Crippen LogP contribution >= 0.6 is 0 Å². The van der Waals surface area contributed by atoms with Crippen LogP contribution < -0.4 is 10.0 Å². The first-order valence-corrected chi connectivity index (χ1v) is 8.19. The molecule has 0 spiro atoms. The predicted octanol–water partition coefficient (Wildman–Crippen LogP) is 0.260. The van der Waals surface area contributed by atoms with Crippen LogP contribution in [-0.4, -0.2) is 53.0 Å². The zero-order chi connectivity index (χ0) is 16.0. The van der Waals surface area contributed by atoms with Crippen molar-refractivity contribution in [2.24, 2.45) is 0 Å². The summed E-state index contributed by atoms with van der Waals surface area (Å²) in [5.41, 5.74) is 1.51. The number of aryl methyl sites for hydroxylation is 2. The highest BCUT2D eigenvalue weighted by atomic mass is 32.2. The summed E-state index contributed by atoms with van der Waals surface area (Å²) < 4.78 is 26.7. The number of benzene rings is 1. The molecule has 0 saturated heterocycles. The van der Waals surface area contributed by atoms with Gasteiger partial charge in [-0.05, 0) is 45.1 Å². The van der Waals surface area contributed by atoms with Crippen LogP contribution in [0.1, 0.15) is 11.1 Å². The highest BCUT2D eigenvalue weighted by Gasteiger charge is 2.17. The largest absolute Gasteiger partial charge is 0.354 e. The van der Waals surface area contributed by atoms with E-state index >= 15 is 0 Å². The fourth-order valence-electron chi connectivity index (χ4n) is 1.72. The quantitative estimate of drug-likeness (QED) is 0.757. The van der Waals surface area contributed by atoms with E-state index in [1.807, 2.05) is 32.0 Å². The van der Waals surface area contributed by atoms with Gasteiger partial charge in [0.2, 0.25) is 15.9 Å². The van der Waals surface area contributed by atoms with Gasteiger partial charge in [-0.1, -0.05) is 12.1 Å². The Morgan fingerprint density at radius 3 is 2.52 bits per heavy atom. The Bertz CT molecular complexity index is 597. The highest BCUT2D eigenvalue weighted by molar-refractivity contribution is 7.89. The maximum atomic E-state index is 12.2. The van der Waals surface area contributed by atoms with E-state index in [-0.39, 0.29) is 17.3 Å². The first-order valence-electron chi connectivity index (χ1n) is 6.71. The fraction of sp³-hybridized carbons (Fsp3) is 0.500. The normalized spacial score (nSPS) is 11.7. The summed E-state index contributed by atoms with van der Waals surface area (Å²) >= 11 is 0. The number of likely N-dealkylation sites (N-methyl/N-ethyl adjacent to an activating group) is 1. The molecule has 6 nitrogen and oxygen atoms in total. The monoisotopic (exact) mass is 313 g/mol. The summed E-state index contributed by atoms with van der Waals surface area (Å²) in [6.07, 6.45) is 0. The Kier molecular flexibility index (Phi) is 6.32. The topological polar surface area (TPSA) is 78.5 Å². The van der Waals surface area contributed by atoms with E-state index in [2.05, 4.69) is 10.0 Å². The number of hydrogen-bond acceptors (Lipinski definition) is 4. The summed E-state index contributed by atoms with van der Waals surface area (Å²) in [6.45, 7) is 4.48. The molecule has 1 aromatic rings. The average Bonchev–Trinajstić information content (AvgIpc) is 2.39. The fourth-order valence-corrected chi connectivity index (χ4v) is 3.03. The molecule has 0 aliphatic heterocycles. The van der Waals surface area contributed by atoms with Crippen molar-refractivity contribution in [2.45, 2.75) is 18.7 Å². The van der Waals surface area contributed by atoms with Gasteiger partial charge in [0.05, 0.1) is 11.4 Å². The van der Waals surface area contributed by atoms with Gasteiger partial charge in [0.25, 0.3) is 0 Å². The third kappa shape index (κ3) is 5.82. The number of sulfonamides is 1. The second kappa shape index (κ2) is 7.53. The van der Waals surface area contributed by atoms with E-state index in [1.165, 1.54) is 0 Å². The molecule has 2 N–H and O–H groups in total. The van der Waals surface area contributed by atoms with Crippen molar-refractivity contribution in [3.8, 4) is 0 Å². The van der Waals surface area contributed by atoms with Crippen molar-refractivity contribution in [3.05, 3.63) is 29.3 Å². The standard InChI is InChI=1S/C14H23N3O3S/c1-11-5-6-12(2)13(9-11)21(19,20)16-10-14(18)15-7-8-17(3)4/h5-6,9,16H,7-8,10H2,1-4H3,(H,15,18). The molecule has 0 unspecified atom stereocenters. The van der Waals surface area contributed by atoms with Gasteiger partial charge >= 0.3 is 0 Å². The van der Waals surface area contributed by atoms with E-state index in [9.17, 15) is 13.2 Å². The minimum absolute atomic E-state index is 0.212. The Morgan fingerprint density at radius 1 is 1.24 bits per heavy atom. The molecule has 0 radical (unpaired) electrons. The maximum absolute atomic E-state index is 12.2. The number of rotatable bonds is 7. The molecule has 1 aromatic carbocycles. The molecule has 0 aliphatic carbocycles. The van der Waals surface area contributed by atoms with Crippen LogP contribution in [0.15, 0.2) is 23.1 Å². The van der Waals surface area contributed by atoms with Gasteiger partial charge in [0, 0.05) is 13.1 Å². The summed E-state index contributed by atoms with van der Waals surface area (Å²) in [5.74, 6) is -0.342. The zero-order valence-electron chi connectivity index (χ0n) is 12.9. The summed E-state index contributed by atoms with van der Waals surface area (Å²) in [4.78, 5) is 13.7. The highest BCUT2D eigenvalue weighted by Crippen LogP contribution is 2.16. The Labute approximate surface area is 126 Å². The van der Waals surface area contributed by atoms with Gasteiger partial charge in [-0.15, -0.1) is 0 Å². The zero-order valence-corrected chi connectivity index (χ0v) is 13.8. The number of carbonyl (C=O) groups excluding carboxylic acids is 1. The number of hydrogen-bond donors (Lipinski definition) is 2. The summed E-state index contributed by atoms with van der Waals surface area (Å²) in [5, 5.41) is 2.66. The molecule has 21 heavy (non-hydrogen) atoms. The lowest BCUT2D eigenvalue weighted by molar-refractivity contribution is -0.119. The first kappa shape index (κ1) is 17.6. The van der Waals surface area contributed by atoms with Gasteiger partial charge in [0.15, 0.2) is 0 Å². The van der Waals surface area contributed by atoms with E-state index in [4.69, 9.17) is 0 Å². The van der Waals surface area contributed by atoms with E-state index in [1.54, 1.807) is 19.1 Å². The first-order chi connectivity index (χ1) is 9.72.